The second-order valence-electron chi connectivity index (χ2n) is 12.5. The fourth-order valence-corrected chi connectivity index (χ4v) is 5.60. The molecule has 0 spiro atoms. The quantitative estimate of drug-likeness (QED) is 0.442. The Hall–Kier alpha value is -3.75. The lowest BCUT2D eigenvalue weighted by molar-refractivity contribution is 0.0457. The van der Waals surface area contributed by atoms with Crippen molar-refractivity contribution in [1.29, 1.82) is 0 Å². The molecule has 2 N–H and O–H groups in total. The molecule has 1 aliphatic rings. The number of hydrogen-bond donors (Lipinski definition) is 2. The zero-order valence-corrected chi connectivity index (χ0v) is 24.0. The first-order valence-corrected chi connectivity index (χ1v) is 13.5. The summed E-state index contributed by atoms with van der Waals surface area (Å²) in [7, 11) is 0. The van der Waals surface area contributed by atoms with Crippen molar-refractivity contribution in [2.75, 3.05) is 6.54 Å². The minimum atomic E-state index is -0.867. The number of likely N-dealkylation sites (tertiary alicyclic amines) is 1. The van der Waals surface area contributed by atoms with Gasteiger partial charge in [-0.3, -0.25) is 9.78 Å². The molecule has 39 heavy (non-hydrogen) atoms. The Kier molecular flexibility index (Phi) is 7.82. The van der Waals surface area contributed by atoms with Crippen molar-refractivity contribution in [2.24, 2.45) is 5.41 Å². The summed E-state index contributed by atoms with van der Waals surface area (Å²) in [5.41, 5.74) is 5.06. The number of nitrogens with zero attached hydrogens (tertiary/aromatic N) is 5. The van der Waals surface area contributed by atoms with E-state index in [2.05, 4.69) is 53.5 Å². The summed E-state index contributed by atoms with van der Waals surface area (Å²) >= 11 is 0. The third-order valence-electron chi connectivity index (χ3n) is 7.52. The van der Waals surface area contributed by atoms with Crippen LogP contribution in [0.25, 0.3) is 11.1 Å². The minimum Gasteiger partial charge on any atom is -0.465 e. The average Bonchev–Trinajstić information content (AvgIpc) is 3.38. The Morgan fingerprint density at radius 3 is 2.49 bits per heavy atom. The summed E-state index contributed by atoms with van der Waals surface area (Å²) in [6, 6.07) is 8.09. The summed E-state index contributed by atoms with van der Waals surface area (Å²) in [5.74, 6) is -0.224. The second kappa shape index (κ2) is 10.8. The van der Waals surface area contributed by atoms with Crippen LogP contribution in [0.2, 0.25) is 0 Å². The van der Waals surface area contributed by atoms with Crippen LogP contribution in [0.1, 0.15) is 87.5 Å². The number of aromatic nitrogens is 4. The predicted octanol–water partition coefficient (Wildman–Crippen LogP) is 5.61. The summed E-state index contributed by atoms with van der Waals surface area (Å²) in [6.07, 6.45) is 6.22. The highest BCUT2D eigenvalue weighted by Crippen LogP contribution is 2.44. The Morgan fingerprint density at radius 1 is 1.13 bits per heavy atom. The monoisotopic (exact) mass is 532 g/mol. The zero-order valence-electron chi connectivity index (χ0n) is 24.0. The van der Waals surface area contributed by atoms with Gasteiger partial charge in [0.2, 0.25) is 0 Å². The van der Waals surface area contributed by atoms with Gasteiger partial charge in [0.25, 0.3) is 5.91 Å². The molecule has 2 unspecified atom stereocenters. The maximum Gasteiger partial charge on any atom is 0.407 e. The summed E-state index contributed by atoms with van der Waals surface area (Å²) in [5, 5.41) is 21.0. The first-order chi connectivity index (χ1) is 18.3. The number of nitrogens with one attached hydrogen (secondary N) is 1. The molecule has 2 aromatic heterocycles. The zero-order chi connectivity index (χ0) is 28.5. The number of aryl methyl sites for hydroxylation is 1. The normalized spacial score (nSPS) is 18.2. The highest BCUT2D eigenvalue weighted by atomic mass is 16.4. The number of piperidine rings is 1. The Balaban J connectivity index is 1.57. The fraction of sp³-hybridized carbons (Fsp3) is 0.500. The van der Waals surface area contributed by atoms with Crippen molar-refractivity contribution in [3.05, 3.63) is 65.2 Å². The molecule has 2 amide bonds. The molecule has 0 aliphatic carbocycles. The maximum atomic E-state index is 12.7. The van der Waals surface area contributed by atoms with E-state index in [-0.39, 0.29) is 34.5 Å². The lowest BCUT2D eigenvalue weighted by Gasteiger charge is -2.47. The third kappa shape index (κ3) is 6.13. The van der Waals surface area contributed by atoms with Gasteiger partial charge in [0.15, 0.2) is 5.69 Å². The maximum absolute atomic E-state index is 12.7. The molecule has 1 aromatic carbocycles. The number of rotatable bonds is 5. The summed E-state index contributed by atoms with van der Waals surface area (Å²) < 4.78 is 1.68. The number of carboxylic acid groups (broad SMARTS) is 1. The van der Waals surface area contributed by atoms with E-state index in [1.165, 1.54) is 0 Å². The van der Waals surface area contributed by atoms with Crippen LogP contribution in [0.5, 0.6) is 0 Å². The van der Waals surface area contributed by atoms with Crippen LogP contribution in [0, 0.1) is 12.3 Å². The first-order valence-electron chi connectivity index (χ1n) is 13.5. The van der Waals surface area contributed by atoms with Crippen LogP contribution in [0.4, 0.5) is 4.79 Å². The summed E-state index contributed by atoms with van der Waals surface area (Å²) in [4.78, 5) is 30.9. The van der Waals surface area contributed by atoms with Crippen LogP contribution in [0.3, 0.4) is 0 Å². The van der Waals surface area contributed by atoms with Crippen molar-refractivity contribution >= 4 is 12.0 Å². The topological polar surface area (TPSA) is 113 Å². The molecule has 1 aliphatic heterocycles. The van der Waals surface area contributed by atoms with Gasteiger partial charge in [-0.05, 0) is 79.8 Å². The molecule has 4 rings (SSSR count). The van der Waals surface area contributed by atoms with E-state index in [9.17, 15) is 14.7 Å². The smallest absolute Gasteiger partial charge is 0.407 e. The predicted molar refractivity (Wildman–Crippen MR) is 151 cm³/mol. The number of carbonyl (C=O) groups excluding carboxylic acids is 1. The molecular weight excluding hydrogens is 492 g/mol. The van der Waals surface area contributed by atoms with Gasteiger partial charge in [-0.25, -0.2) is 9.48 Å². The van der Waals surface area contributed by atoms with E-state index in [0.29, 0.717) is 13.1 Å². The molecule has 9 nitrogen and oxygen atoms in total. The van der Waals surface area contributed by atoms with E-state index in [1.807, 2.05) is 46.0 Å². The van der Waals surface area contributed by atoms with Crippen LogP contribution < -0.4 is 5.32 Å². The van der Waals surface area contributed by atoms with Gasteiger partial charge in [-0.1, -0.05) is 44.2 Å². The molecule has 3 heterocycles. The Labute approximate surface area is 230 Å². The van der Waals surface area contributed by atoms with Gasteiger partial charge in [0.05, 0.1) is 11.7 Å². The molecule has 208 valence electrons. The molecule has 0 bridgehead atoms. The highest BCUT2D eigenvalue weighted by Gasteiger charge is 2.43. The largest absolute Gasteiger partial charge is 0.465 e. The van der Waals surface area contributed by atoms with E-state index >= 15 is 0 Å². The van der Waals surface area contributed by atoms with E-state index in [4.69, 9.17) is 0 Å². The van der Waals surface area contributed by atoms with Crippen molar-refractivity contribution in [3.63, 3.8) is 0 Å². The van der Waals surface area contributed by atoms with Crippen LogP contribution in [-0.2, 0) is 12.1 Å². The molecule has 2 atom stereocenters. The van der Waals surface area contributed by atoms with E-state index < -0.39 is 6.09 Å². The Bertz CT molecular complexity index is 1350. The second-order valence-corrected chi connectivity index (χ2v) is 12.5. The lowest BCUT2D eigenvalue weighted by atomic mass is 9.70. The number of benzene rings is 1. The van der Waals surface area contributed by atoms with Crippen molar-refractivity contribution in [3.8, 4) is 11.1 Å². The SMILES string of the molecule is Cc1cc(-c2ccncc2C2CCCN(C(=O)O)C2C(C)(C)C)ccc1CNC(=O)c1cn(C(C)(C)C)nn1. The Morgan fingerprint density at radius 2 is 1.87 bits per heavy atom. The van der Waals surface area contributed by atoms with Crippen LogP contribution >= 0.6 is 0 Å². The van der Waals surface area contributed by atoms with E-state index in [0.717, 1.165) is 40.7 Å². The van der Waals surface area contributed by atoms with Crippen LogP contribution in [-0.4, -0.2) is 54.6 Å². The van der Waals surface area contributed by atoms with Crippen molar-refractivity contribution in [1.82, 2.24) is 30.2 Å². The molecular formula is C30H40N6O3. The number of pyridine rings is 1. The third-order valence-corrected chi connectivity index (χ3v) is 7.52. The molecule has 9 heteroatoms. The average molecular weight is 533 g/mol. The van der Waals surface area contributed by atoms with Gasteiger partial charge >= 0.3 is 6.09 Å². The number of hydrogen-bond acceptors (Lipinski definition) is 5. The van der Waals surface area contributed by atoms with Crippen molar-refractivity contribution < 1.29 is 14.7 Å². The van der Waals surface area contributed by atoms with Gasteiger partial charge in [0.1, 0.15) is 0 Å². The number of amides is 2. The minimum absolute atomic E-state index is 0.0411. The van der Waals surface area contributed by atoms with Gasteiger partial charge in [-0.2, -0.15) is 0 Å². The lowest BCUT2D eigenvalue weighted by Crippen LogP contribution is -2.53. The highest BCUT2D eigenvalue weighted by molar-refractivity contribution is 5.91. The first kappa shape index (κ1) is 28.3. The fourth-order valence-electron chi connectivity index (χ4n) is 5.60. The molecule has 1 saturated heterocycles. The number of carbonyl (C=O) groups is 2. The molecule has 1 fully saturated rings. The van der Waals surface area contributed by atoms with E-state index in [1.54, 1.807) is 22.0 Å². The molecule has 0 radical (unpaired) electrons. The van der Waals surface area contributed by atoms with Gasteiger partial charge in [-0.15, -0.1) is 5.10 Å². The van der Waals surface area contributed by atoms with Crippen molar-refractivity contribution in [2.45, 2.75) is 85.4 Å². The van der Waals surface area contributed by atoms with Gasteiger partial charge < -0.3 is 15.3 Å². The standard InChI is InChI=1S/C30H40N6O3/c1-19-15-20(10-11-21(19)16-32-27(37)25-18-36(34-33-25)30(5,6)7)22-12-13-31-17-24(22)23-9-8-14-35(28(38)39)26(23)29(2,3)4/h10-13,15,17-18,23,26H,8-9,14,16H2,1-7H3,(H,32,37)(H,38,39). The molecule has 3 aromatic rings. The summed E-state index contributed by atoms with van der Waals surface area (Å²) in [6.45, 7) is 15.3. The van der Waals surface area contributed by atoms with Gasteiger partial charge in [0, 0.05) is 37.4 Å². The molecule has 0 saturated carbocycles. The van der Waals surface area contributed by atoms with Crippen LogP contribution in [0.15, 0.2) is 42.9 Å².